The molecule has 0 aromatic heterocycles. The van der Waals surface area contributed by atoms with Gasteiger partial charge in [-0.05, 0) is 39.0 Å². The van der Waals surface area contributed by atoms with E-state index in [0.29, 0.717) is 6.42 Å². The van der Waals surface area contributed by atoms with Gasteiger partial charge >= 0.3 is 29.6 Å². The number of carbonyl (C=O) groups excluding carboxylic acids is 1. The Hall–Kier alpha value is 0.280. The molecule has 5 nitrogen and oxygen atoms in total. The van der Waals surface area contributed by atoms with Crippen molar-refractivity contribution < 1.29 is 48.7 Å². The van der Waals surface area contributed by atoms with Crippen LogP contribution in [0, 0.1) is 0 Å². The molecular weight excluding hydrogens is 373 g/mol. The summed E-state index contributed by atoms with van der Waals surface area (Å²) < 4.78 is 31.1. The molecule has 0 rings (SSSR count). The zero-order chi connectivity index (χ0) is 19.9. The maximum Gasteiger partial charge on any atom is 1.00 e. The van der Waals surface area contributed by atoms with Crippen molar-refractivity contribution in [3.8, 4) is 0 Å². The molecule has 0 bridgehead atoms. The summed E-state index contributed by atoms with van der Waals surface area (Å²) in [7, 11) is -4.55. The van der Waals surface area contributed by atoms with E-state index in [0.717, 1.165) is 39.0 Å². The van der Waals surface area contributed by atoms with Crippen molar-refractivity contribution in [2.75, 3.05) is 0 Å². The number of unbranched alkanes of at least 4 members (excludes halogenated alkanes) is 11. The van der Waals surface area contributed by atoms with Crippen LogP contribution in [0.2, 0.25) is 0 Å². The van der Waals surface area contributed by atoms with Crippen molar-refractivity contribution in [3.63, 3.8) is 0 Å². The van der Waals surface area contributed by atoms with Gasteiger partial charge in [0.25, 0.3) is 10.1 Å². The molecule has 0 aliphatic carbocycles. The first-order valence-corrected chi connectivity index (χ1v) is 11.6. The van der Waals surface area contributed by atoms with E-state index in [1.165, 1.54) is 44.9 Å². The van der Waals surface area contributed by atoms with E-state index in [1.807, 2.05) is 0 Å². The minimum atomic E-state index is -4.55. The van der Waals surface area contributed by atoms with Gasteiger partial charge in [-0.2, -0.15) is 8.42 Å². The molecule has 0 spiro atoms. The number of nitrogens with two attached hydrogens (primary N) is 1. The molecule has 27 heavy (non-hydrogen) atoms. The molecule has 1 unspecified atom stereocenters. The summed E-state index contributed by atoms with van der Waals surface area (Å²) in [5, 5.41) is 0. The molecule has 0 heterocycles. The largest absolute Gasteiger partial charge is 1.00 e. The minimum Gasteiger partial charge on any atom is -1.00 e. The van der Waals surface area contributed by atoms with E-state index < -0.39 is 20.8 Å². The van der Waals surface area contributed by atoms with Crippen molar-refractivity contribution in [3.05, 3.63) is 12.2 Å². The molecule has 0 aromatic carbocycles. The number of ketones is 1. The van der Waals surface area contributed by atoms with Gasteiger partial charge in [-0.1, -0.05) is 70.4 Å². The Morgan fingerprint density at radius 3 is 1.78 bits per heavy atom. The second-order valence-corrected chi connectivity index (χ2v) is 9.14. The summed E-state index contributed by atoms with van der Waals surface area (Å²) in [6.07, 6.45) is 19.7. The molecule has 0 saturated carbocycles. The first-order valence-electron chi connectivity index (χ1n) is 10.2. The van der Waals surface area contributed by atoms with Gasteiger partial charge in [0.15, 0.2) is 10.7 Å². The molecule has 0 aliphatic rings. The zero-order valence-corrected chi connectivity index (χ0v) is 20.5. The van der Waals surface area contributed by atoms with Crippen LogP contribution < -0.4 is 35.3 Å². The van der Waals surface area contributed by atoms with Gasteiger partial charge in [-0.25, -0.2) is 0 Å². The van der Waals surface area contributed by atoms with Crippen LogP contribution in [0.3, 0.4) is 0 Å². The summed E-state index contributed by atoms with van der Waals surface area (Å²) in [6, 6.07) is 0. The van der Waals surface area contributed by atoms with E-state index in [-0.39, 0.29) is 37.4 Å². The molecule has 0 fully saturated rings. The fraction of sp³-hybridized carbons (Fsp3) is 0.850. The van der Waals surface area contributed by atoms with E-state index in [2.05, 4.69) is 19.1 Å². The van der Waals surface area contributed by atoms with E-state index >= 15 is 0 Å². The number of rotatable bonds is 17. The standard InChI is InChI=1S/C20H39NO4S.Na.H/c1-3-4-5-6-7-8-9-10-11-12-13-14-15-16-17-18-19(22)20(2,21)26(23,24)25;;/h10-11H,3-9,12-18,21H2,1-2H3,(H,23,24,25);;/q;+1;-1/b11-10-;;. The Labute approximate surface area is 190 Å². The zero-order valence-electron chi connectivity index (χ0n) is 18.7. The Bertz CT molecular complexity index is 510. The predicted molar refractivity (Wildman–Crippen MR) is 110 cm³/mol. The van der Waals surface area contributed by atoms with E-state index in [4.69, 9.17) is 10.3 Å². The Morgan fingerprint density at radius 2 is 1.33 bits per heavy atom. The fourth-order valence-electron chi connectivity index (χ4n) is 2.75. The molecule has 0 amide bonds. The molecular formula is C20H40NNaO4S. The number of hydrogen-bond donors (Lipinski definition) is 2. The molecule has 0 saturated heterocycles. The SMILES string of the molecule is CCCCCCCC/C=C\CCCCCCCC(=O)C(C)(N)S(=O)(=O)O.[H-].[Na+]. The van der Waals surface area contributed by atoms with Crippen LogP contribution in [0.5, 0.6) is 0 Å². The molecule has 156 valence electrons. The first-order chi connectivity index (χ1) is 12.2. The minimum absolute atomic E-state index is 0. The second-order valence-electron chi connectivity index (χ2n) is 7.34. The van der Waals surface area contributed by atoms with Gasteiger partial charge in [0.1, 0.15) is 0 Å². The van der Waals surface area contributed by atoms with Crippen LogP contribution in [0.4, 0.5) is 0 Å². The predicted octanol–water partition coefficient (Wildman–Crippen LogP) is 2.27. The number of hydrogen-bond acceptors (Lipinski definition) is 4. The third-order valence-electron chi connectivity index (χ3n) is 4.76. The average molecular weight is 414 g/mol. The summed E-state index contributed by atoms with van der Waals surface area (Å²) in [4.78, 5) is 9.59. The summed E-state index contributed by atoms with van der Waals surface area (Å²) in [5.41, 5.74) is 5.40. The van der Waals surface area contributed by atoms with Crippen molar-refractivity contribution in [2.24, 2.45) is 5.73 Å². The summed E-state index contributed by atoms with van der Waals surface area (Å²) >= 11 is 0. The smallest absolute Gasteiger partial charge is 1.00 e. The second kappa shape index (κ2) is 17.2. The number of Topliss-reactive ketones (excluding diaryl/α,β-unsaturated/α-hetero) is 1. The average Bonchev–Trinajstić information content (AvgIpc) is 2.57. The first kappa shape index (κ1) is 29.5. The van der Waals surface area contributed by atoms with Crippen LogP contribution in [-0.2, 0) is 14.9 Å². The van der Waals surface area contributed by atoms with Crippen molar-refractivity contribution >= 4 is 15.9 Å². The Morgan fingerprint density at radius 1 is 0.926 bits per heavy atom. The van der Waals surface area contributed by atoms with Crippen molar-refractivity contribution in [1.82, 2.24) is 0 Å². The van der Waals surface area contributed by atoms with Gasteiger partial charge in [-0.15, -0.1) is 0 Å². The van der Waals surface area contributed by atoms with Crippen LogP contribution >= 0.6 is 0 Å². The fourth-order valence-corrected chi connectivity index (χ4v) is 3.14. The quantitative estimate of drug-likeness (QED) is 0.165. The maximum absolute atomic E-state index is 11.8. The molecule has 3 N–H and O–H groups in total. The summed E-state index contributed by atoms with van der Waals surface area (Å²) in [5.74, 6) is -0.627. The monoisotopic (exact) mass is 413 g/mol. The number of allylic oxidation sites excluding steroid dienone is 2. The maximum atomic E-state index is 11.8. The van der Waals surface area contributed by atoms with Gasteiger partial charge < -0.3 is 7.16 Å². The van der Waals surface area contributed by atoms with Gasteiger partial charge in [-0.3, -0.25) is 9.35 Å². The third-order valence-corrected chi connectivity index (χ3v) is 6.05. The molecule has 0 aliphatic heterocycles. The number of carbonyl (C=O) groups is 1. The molecule has 7 heteroatoms. The van der Waals surface area contributed by atoms with Crippen molar-refractivity contribution in [1.29, 1.82) is 0 Å². The van der Waals surface area contributed by atoms with Gasteiger partial charge in [0, 0.05) is 6.42 Å². The van der Waals surface area contributed by atoms with Crippen LogP contribution in [-0.4, -0.2) is 23.6 Å². The van der Waals surface area contributed by atoms with Crippen LogP contribution in [0.15, 0.2) is 12.2 Å². The normalized spacial score (nSPS) is 14.1. The van der Waals surface area contributed by atoms with Gasteiger partial charge in [0.2, 0.25) is 0 Å². The van der Waals surface area contributed by atoms with E-state index in [1.54, 1.807) is 0 Å². The van der Waals surface area contributed by atoms with Crippen LogP contribution in [0.1, 0.15) is 105 Å². The summed E-state index contributed by atoms with van der Waals surface area (Å²) in [6.45, 7) is 3.28. The molecule has 0 aromatic rings. The Kier molecular flexibility index (Phi) is 18.7. The third kappa shape index (κ3) is 14.9. The van der Waals surface area contributed by atoms with Crippen LogP contribution in [0.25, 0.3) is 0 Å². The van der Waals surface area contributed by atoms with Gasteiger partial charge in [0.05, 0.1) is 0 Å². The molecule has 1 atom stereocenters. The van der Waals surface area contributed by atoms with Crippen molar-refractivity contribution in [2.45, 2.75) is 109 Å². The Balaban J connectivity index is -0.00000312. The molecule has 0 radical (unpaired) electrons. The topological polar surface area (TPSA) is 97.5 Å². The van der Waals surface area contributed by atoms with E-state index in [9.17, 15) is 13.2 Å².